The molecular weight excluding hydrogens is 540 g/mol. The Bertz CT molecular complexity index is 1520. The van der Waals surface area contributed by atoms with Crippen molar-refractivity contribution >= 4 is 35.0 Å². The minimum Gasteiger partial charge on any atom is -0.487 e. The molecule has 0 atom stereocenters. The lowest BCUT2D eigenvalue weighted by molar-refractivity contribution is -0.121. The predicted molar refractivity (Wildman–Crippen MR) is 154 cm³/mol. The molecule has 2 aliphatic rings. The van der Waals surface area contributed by atoms with Crippen LogP contribution >= 0.6 is 0 Å². The van der Waals surface area contributed by atoms with E-state index >= 15 is 0 Å². The zero-order valence-electron chi connectivity index (χ0n) is 22.2. The van der Waals surface area contributed by atoms with Gasteiger partial charge in [0.1, 0.15) is 47.7 Å². The predicted octanol–water partition coefficient (Wildman–Crippen LogP) is 5.26. The van der Waals surface area contributed by atoms with Crippen molar-refractivity contribution < 1.29 is 38.1 Å². The number of carbonyl (C=O) groups excluding carboxylic acids is 4. The molecule has 4 amide bonds. The molecule has 0 spiro atoms. The fourth-order valence-electron chi connectivity index (χ4n) is 4.16. The number of imide groups is 2. The van der Waals surface area contributed by atoms with Crippen LogP contribution in [-0.4, -0.2) is 36.8 Å². The highest BCUT2D eigenvalue weighted by atomic mass is 16.5. The van der Waals surface area contributed by atoms with Crippen LogP contribution in [0.3, 0.4) is 0 Å². The molecule has 0 saturated carbocycles. The van der Waals surface area contributed by atoms with Crippen LogP contribution in [-0.2, 0) is 19.2 Å². The molecule has 0 unspecified atom stereocenters. The first-order chi connectivity index (χ1) is 20.4. The van der Waals surface area contributed by atoms with Crippen molar-refractivity contribution in [2.24, 2.45) is 0 Å². The van der Waals surface area contributed by atoms with Crippen LogP contribution in [0.15, 0.2) is 110 Å². The largest absolute Gasteiger partial charge is 0.487 e. The molecule has 2 aliphatic heterocycles. The van der Waals surface area contributed by atoms with E-state index in [1.807, 2.05) is 0 Å². The molecular formula is C32H24N2O8. The number of ether oxygens (including phenoxy) is 4. The van der Waals surface area contributed by atoms with Crippen LogP contribution in [0.4, 0.5) is 11.4 Å². The fourth-order valence-corrected chi connectivity index (χ4v) is 4.16. The average Bonchev–Trinajstić information content (AvgIpc) is 3.50. The first kappa shape index (κ1) is 27.7. The summed E-state index contributed by atoms with van der Waals surface area (Å²) in [5.41, 5.74) is 0.569. The Balaban J connectivity index is 1.36. The van der Waals surface area contributed by atoms with E-state index in [4.69, 9.17) is 18.9 Å². The molecule has 0 radical (unpaired) electrons. The third kappa shape index (κ3) is 5.82. The van der Waals surface area contributed by atoms with Gasteiger partial charge in [0.25, 0.3) is 23.6 Å². The van der Waals surface area contributed by atoms with E-state index < -0.39 is 23.6 Å². The van der Waals surface area contributed by atoms with Crippen molar-refractivity contribution in [2.45, 2.75) is 0 Å². The van der Waals surface area contributed by atoms with Crippen molar-refractivity contribution in [3.05, 3.63) is 110 Å². The third-order valence-electron chi connectivity index (χ3n) is 5.95. The molecule has 0 aromatic heterocycles. The SMILES string of the molecule is C=CCOc1cc(Oc2cccc(Oc3ccc(N4C(=O)C=CC4=O)c(OCC=C)c3)c2)ccc1N1C(=O)C=CC1=O. The van der Waals surface area contributed by atoms with Crippen molar-refractivity contribution in [3.63, 3.8) is 0 Å². The Morgan fingerprint density at radius 1 is 0.548 bits per heavy atom. The van der Waals surface area contributed by atoms with Gasteiger partial charge in [-0.1, -0.05) is 31.4 Å². The molecule has 0 aliphatic carbocycles. The van der Waals surface area contributed by atoms with E-state index in [9.17, 15) is 19.2 Å². The van der Waals surface area contributed by atoms with E-state index in [0.29, 0.717) is 23.0 Å². The van der Waals surface area contributed by atoms with E-state index in [-0.39, 0.29) is 36.1 Å². The number of hydrogen-bond acceptors (Lipinski definition) is 8. The van der Waals surface area contributed by atoms with Crippen molar-refractivity contribution in [1.29, 1.82) is 0 Å². The Hall–Kier alpha value is -5.90. The van der Waals surface area contributed by atoms with Gasteiger partial charge in [0.2, 0.25) is 0 Å². The lowest BCUT2D eigenvalue weighted by Crippen LogP contribution is -2.30. The summed E-state index contributed by atoms with van der Waals surface area (Å²) < 4.78 is 23.5. The maximum Gasteiger partial charge on any atom is 0.258 e. The highest BCUT2D eigenvalue weighted by molar-refractivity contribution is 6.29. The van der Waals surface area contributed by atoms with Gasteiger partial charge < -0.3 is 18.9 Å². The van der Waals surface area contributed by atoms with Gasteiger partial charge in [-0.15, -0.1) is 0 Å². The molecule has 10 nitrogen and oxygen atoms in total. The second-order valence-corrected chi connectivity index (χ2v) is 8.83. The normalized spacial score (nSPS) is 14.0. The van der Waals surface area contributed by atoms with E-state index in [0.717, 1.165) is 9.80 Å². The number of rotatable bonds is 12. The lowest BCUT2D eigenvalue weighted by Gasteiger charge is -2.19. The van der Waals surface area contributed by atoms with Gasteiger partial charge in [-0.25, -0.2) is 9.80 Å². The highest BCUT2D eigenvalue weighted by Gasteiger charge is 2.29. The number of carbonyl (C=O) groups is 4. The summed E-state index contributed by atoms with van der Waals surface area (Å²) >= 11 is 0. The number of nitrogens with zero attached hydrogens (tertiary/aromatic N) is 2. The number of anilines is 2. The Kier molecular flexibility index (Phi) is 7.96. The monoisotopic (exact) mass is 564 g/mol. The molecule has 2 heterocycles. The summed E-state index contributed by atoms with van der Waals surface area (Å²) in [7, 11) is 0. The summed E-state index contributed by atoms with van der Waals surface area (Å²) in [6.07, 6.45) is 7.87. The number of hydrogen-bond donors (Lipinski definition) is 0. The van der Waals surface area contributed by atoms with Crippen LogP contribution in [0.1, 0.15) is 0 Å². The molecule has 0 N–H and O–H groups in total. The van der Waals surface area contributed by atoms with Gasteiger partial charge in [0.15, 0.2) is 0 Å². The van der Waals surface area contributed by atoms with Gasteiger partial charge in [0.05, 0.1) is 11.4 Å². The van der Waals surface area contributed by atoms with Crippen molar-refractivity contribution in [1.82, 2.24) is 0 Å². The Labute approximate surface area is 241 Å². The average molecular weight is 565 g/mol. The van der Waals surface area contributed by atoms with E-state index in [1.54, 1.807) is 72.8 Å². The van der Waals surface area contributed by atoms with Crippen LogP contribution in [0.2, 0.25) is 0 Å². The first-order valence-corrected chi connectivity index (χ1v) is 12.7. The minimum absolute atomic E-state index is 0.150. The van der Waals surface area contributed by atoms with Crippen LogP contribution < -0.4 is 28.7 Å². The van der Waals surface area contributed by atoms with Gasteiger partial charge in [-0.2, -0.15) is 0 Å². The topological polar surface area (TPSA) is 112 Å². The molecule has 3 aromatic rings. The molecule has 5 rings (SSSR count). The van der Waals surface area contributed by atoms with Gasteiger partial charge in [-0.3, -0.25) is 19.2 Å². The molecule has 210 valence electrons. The fraction of sp³-hybridized carbons (Fsp3) is 0.0625. The lowest BCUT2D eigenvalue weighted by atomic mass is 10.2. The zero-order valence-corrected chi connectivity index (χ0v) is 22.2. The van der Waals surface area contributed by atoms with Gasteiger partial charge in [0, 0.05) is 42.5 Å². The molecule has 3 aromatic carbocycles. The van der Waals surface area contributed by atoms with Crippen molar-refractivity contribution in [2.75, 3.05) is 23.0 Å². The summed E-state index contributed by atoms with van der Waals surface area (Å²) in [6.45, 7) is 7.58. The number of benzene rings is 3. The Morgan fingerprint density at radius 3 is 1.31 bits per heavy atom. The summed E-state index contributed by atoms with van der Waals surface area (Å²) in [4.78, 5) is 50.9. The minimum atomic E-state index is -0.469. The Morgan fingerprint density at radius 2 is 0.929 bits per heavy atom. The van der Waals surface area contributed by atoms with Crippen molar-refractivity contribution in [3.8, 4) is 34.5 Å². The van der Waals surface area contributed by atoms with Crippen LogP contribution in [0.5, 0.6) is 34.5 Å². The van der Waals surface area contributed by atoms with E-state index in [1.165, 1.54) is 24.3 Å². The molecule has 42 heavy (non-hydrogen) atoms. The quantitative estimate of drug-likeness (QED) is 0.216. The zero-order chi connectivity index (χ0) is 29.6. The van der Waals surface area contributed by atoms with E-state index in [2.05, 4.69) is 13.2 Å². The third-order valence-corrected chi connectivity index (χ3v) is 5.95. The second-order valence-electron chi connectivity index (χ2n) is 8.83. The maximum absolute atomic E-state index is 12.2. The van der Waals surface area contributed by atoms with Gasteiger partial charge >= 0.3 is 0 Å². The molecule has 0 fully saturated rings. The standard InChI is InChI=1S/C32H24N2O8/c1-3-16-39-27-19-23(8-10-25(27)33-29(35)12-13-30(33)36)41-21-6-5-7-22(18-21)42-24-9-11-26(28(20-24)40-17-4-2)34-31(37)14-15-32(34)38/h3-15,18-20H,1-2,16-17H2. The summed E-state index contributed by atoms with van der Waals surface area (Å²) in [6, 6.07) is 16.3. The molecule has 0 bridgehead atoms. The highest BCUT2D eigenvalue weighted by Crippen LogP contribution is 2.38. The molecule has 0 saturated heterocycles. The number of amides is 4. The summed E-state index contributed by atoms with van der Waals surface area (Å²) in [5.74, 6) is 0.302. The first-order valence-electron chi connectivity index (χ1n) is 12.7. The van der Waals surface area contributed by atoms with Gasteiger partial charge in [-0.05, 0) is 36.4 Å². The van der Waals surface area contributed by atoms with Crippen LogP contribution in [0.25, 0.3) is 0 Å². The maximum atomic E-state index is 12.2. The smallest absolute Gasteiger partial charge is 0.258 e. The molecule has 10 heteroatoms. The summed E-state index contributed by atoms with van der Waals surface area (Å²) in [5, 5.41) is 0. The van der Waals surface area contributed by atoms with Crippen LogP contribution in [0, 0.1) is 0 Å². The second kappa shape index (κ2) is 12.1.